The van der Waals surface area contributed by atoms with E-state index in [1.54, 1.807) is 48.7 Å². The zero-order valence-corrected chi connectivity index (χ0v) is 18.2. The Bertz CT molecular complexity index is 1280. The number of pyridine rings is 1. The molecule has 0 saturated carbocycles. The lowest BCUT2D eigenvalue weighted by molar-refractivity contribution is -0.111. The molecule has 0 saturated heterocycles. The molecule has 3 rings (SSSR count). The summed E-state index contributed by atoms with van der Waals surface area (Å²) in [7, 11) is -3.80. The van der Waals surface area contributed by atoms with Crippen molar-refractivity contribution in [3.8, 4) is 0 Å². The summed E-state index contributed by atoms with van der Waals surface area (Å²) < 4.78 is 29.0. The maximum atomic E-state index is 12.5. The summed E-state index contributed by atoms with van der Waals surface area (Å²) in [5.41, 5.74) is 1.29. The lowest BCUT2D eigenvalue weighted by Gasteiger charge is -2.09. The highest BCUT2D eigenvalue weighted by Crippen LogP contribution is 2.24. The molecule has 160 valence electrons. The minimum Gasteiger partial charge on any atom is -0.321 e. The number of nitrogens with one attached hydrogen (secondary N) is 2. The van der Waals surface area contributed by atoms with E-state index in [0.717, 1.165) is 0 Å². The molecule has 9 heteroatoms. The first-order valence-electron chi connectivity index (χ1n) is 9.35. The van der Waals surface area contributed by atoms with Gasteiger partial charge in [0.2, 0.25) is 5.91 Å². The van der Waals surface area contributed by atoms with E-state index < -0.39 is 10.0 Å². The van der Waals surface area contributed by atoms with Gasteiger partial charge in [0.05, 0.1) is 21.3 Å². The molecule has 1 aromatic heterocycles. The summed E-state index contributed by atoms with van der Waals surface area (Å²) in [6.45, 7) is 2.33. The van der Waals surface area contributed by atoms with Gasteiger partial charge in [-0.15, -0.1) is 0 Å². The van der Waals surface area contributed by atoms with Crippen LogP contribution in [0.5, 0.6) is 0 Å². The van der Waals surface area contributed by atoms with Crippen LogP contribution >= 0.6 is 11.6 Å². The van der Waals surface area contributed by atoms with Crippen molar-refractivity contribution in [2.45, 2.75) is 18.4 Å². The maximum Gasteiger partial charge on any atom is 0.261 e. The average Bonchev–Trinajstić information content (AvgIpc) is 2.75. The fourth-order valence-corrected chi connectivity index (χ4v) is 4.03. The fraction of sp³-hybridized carbons (Fsp3) is 0.0909. The quantitative estimate of drug-likeness (QED) is 0.524. The van der Waals surface area contributed by atoms with Gasteiger partial charge in [-0.3, -0.25) is 14.3 Å². The summed E-state index contributed by atoms with van der Waals surface area (Å²) in [6.07, 6.45) is 4.45. The van der Waals surface area contributed by atoms with Gasteiger partial charge < -0.3 is 9.88 Å². The van der Waals surface area contributed by atoms with Crippen LogP contribution in [0.1, 0.15) is 12.5 Å². The molecule has 1 amide bonds. The number of benzene rings is 2. The Kier molecular flexibility index (Phi) is 6.94. The smallest absolute Gasteiger partial charge is 0.261 e. The molecule has 31 heavy (non-hydrogen) atoms. The second kappa shape index (κ2) is 9.63. The summed E-state index contributed by atoms with van der Waals surface area (Å²) in [5, 5.41) is 2.98. The summed E-state index contributed by atoms with van der Waals surface area (Å²) in [5.74, 6) is -0.376. The Balaban J connectivity index is 1.67. The minimum absolute atomic E-state index is 0.0656. The number of rotatable bonds is 7. The Morgan fingerprint density at radius 1 is 1.06 bits per heavy atom. The lowest BCUT2D eigenvalue weighted by Crippen LogP contribution is -2.19. The van der Waals surface area contributed by atoms with Crippen molar-refractivity contribution in [1.82, 2.24) is 4.57 Å². The molecular weight excluding hydrogens is 438 g/mol. The van der Waals surface area contributed by atoms with Gasteiger partial charge in [0.1, 0.15) is 0 Å². The van der Waals surface area contributed by atoms with Gasteiger partial charge in [0.25, 0.3) is 15.6 Å². The molecule has 0 spiro atoms. The molecule has 2 N–H and O–H groups in total. The van der Waals surface area contributed by atoms with E-state index in [9.17, 15) is 18.0 Å². The van der Waals surface area contributed by atoms with Crippen LogP contribution in [0.2, 0.25) is 5.02 Å². The van der Waals surface area contributed by atoms with Crippen molar-refractivity contribution in [1.29, 1.82) is 0 Å². The van der Waals surface area contributed by atoms with Gasteiger partial charge in [0, 0.05) is 24.9 Å². The first-order chi connectivity index (χ1) is 14.8. The molecule has 3 aromatic rings. The molecule has 0 unspecified atom stereocenters. The molecule has 0 radical (unpaired) electrons. The molecule has 1 heterocycles. The Hall–Kier alpha value is -3.36. The zero-order chi connectivity index (χ0) is 22.4. The van der Waals surface area contributed by atoms with E-state index in [-0.39, 0.29) is 16.4 Å². The molecule has 0 bridgehead atoms. The number of hydrogen-bond donors (Lipinski definition) is 2. The van der Waals surface area contributed by atoms with Crippen LogP contribution in [0, 0.1) is 0 Å². The summed E-state index contributed by atoms with van der Waals surface area (Å²) in [6, 6.07) is 15.5. The highest BCUT2D eigenvalue weighted by atomic mass is 35.5. The predicted octanol–water partition coefficient (Wildman–Crippen LogP) is 3.97. The second-order valence-corrected chi connectivity index (χ2v) is 8.61. The predicted molar refractivity (Wildman–Crippen MR) is 123 cm³/mol. The van der Waals surface area contributed by atoms with Crippen molar-refractivity contribution in [2.24, 2.45) is 0 Å². The normalized spacial score (nSPS) is 11.4. The SMILES string of the molecule is CCn1cc(NC(=O)/C=C/c2ccc(S(=O)(=O)Nc3ccccc3Cl)cc2)ccc1=O. The molecule has 0 aliphatic carbocycles. The second-order valence-electron chi connectivity index (χ2n) is 6.52. The third-order valence-electron chi connectivity index (χ3n) is 4.33. The standard InChI is InChI=1S/C22H20ClN3O4S/c1-2-26-15-17(10-14-22(26)28)24-21(27)13-9-16-7-11-18(12-8-16)31(29,30)25-20-6-4-3-5-19(20)23/h3-15,25H,2H2,1H3,(H,24,27)/b13-9+. The minimum atomic E-state index is -3.80. The van der Waals surface area contributed by atoms with Gasteiger partial charge in [0.15, 0.2) is 0 Å². The number of para-hydroxylation sites is 1. The third kappa shape index (κ3) is 5.84. The van der Waals surface area contributed by atoms with Gasteiger partial charge in [-0.25, -0.2) is 8.42 Å². The van der Waals surface area contributed by atoms with Crippen LogP contribution in [0.25, 0.3) is 6.08 Å². The summed E-state index contributed by atoms with van der Waals surface area (Å²) >= 11 is 6.01. The number of carbonyl (C=O) groups excluding carboxylic acids is 1. The van der Waals surface area contributed by atoms with E-state index >= 15 is 0 Å². The van der Waals surface area contributed by atoms with Gasteiger partial charge in [-0.05, 0) is 48.9 Å². The van der Waals surface area contributed by atoms with E-state index in [0.29, 0.717) is 28.5 Å². The van der Waals surface area contributed by atoms with E-state index in [1.165, 1.54) is 34.9 Å². The number of aryl methyl sites for hydroxylation is 1. The molecule has 0 aliphatic rings. The fourth-order valence-electron chi connectivity index (χ4n) is 2.71. The molecular formula is C22H20ClN3O4S. The van der Waals surface area contributed by atoms with Crippen molar-refractivity contribution >= 4 is 45.0 Å². The van der Waals surface area contributed by atoms with Crippen LogP contribution < -0.4 is 15.6 Å². The molecule has 2 aromatic carbocycles. The first-order valence-corrected chi connectivity index (χ1v) is 11.2. The largest absolute Gasteiger partial charge is 0.321 e. The number of nitrogens with zero attached hydrogens (tertiary/aromatic N) is 1. The van der Waals surface area contributed by atoms with Crippen molar-refractivity contribution < 1.29 is 13.2 Å². The number of aromatic nitrogens is 1. The first kappa shape index (κ1) is 22.3. The number of amides is 1. The lowest BCUT2D eigenvalue weighted by atomic mass is 10.2. The molecule has 0 aliphatic heterocycles. The van der Waals surface area contributed by atoms with Crippen molar-refractivity contribution in [2.75, 3.05) is 10.0 Å². The van der Waals surface area contributed by atoms with Crippen LogP contribution in [0.4, 0.5) is 11.4 Å². The van der Waals surface area contributed by atoms with E-state index in [1.807, 2.05) is 6.92 Å². The topological polar surface area (TPSA) is 97.3 Å². The zero-order valence-electron chi connectivity index (χ0n) is 16.6. The van der Waals surface area contributed by atoms with Crippen LogP contribution in [-0.2, 0) is 21.4 Å². The molecule has 0 atom stereocenters. The van der Waals surface area contributed by atoms with E-state index in [4.69, 9.17) is 11.6 Å². The number of hydrogen-bond acceptors (Lipinski definition) is 4. The van der Waals surface area contributed by atoms with Gasteiger partial charge >= 0.3 is 0 Å². The average molecular weight is 458 g/mol. The Labute approximate surface area is 185 Å². The van der Waals surface area contributed by atoms with Crippen molar-refractivity contribution in [3.05, 3.63) is 93.9 Å². The van der Waals surface area contributed by atoms with E-state index in [2.05, 4.69) is 10.0 Å². The van der Waals surface area contributed by atoms with Crippen LogP contribution in [-0.4, -0.2) is 18.9 Å². The Morgan fingerprint density at radius 2 is 1.77 bits per heavy atom. The van der Waals surface area contributed by atoms with Crippen LogP contribution in [0.15, 0.2) is 82.6 Å². The highest BCUT2D eigenvalue weighted by Gasteiger charge is 2.15. The van der Waals surface area contributed by atoms with Crippen molar-refractivity contribution in [3.63, 3.8) is 0 Å². The third-order valence-corrected chi connectivity index (χ3v) is 6.04. The van der Waals surface area contributed by atoms with Gasteiger partial charge in [-0.2, -0.15) is 0 Å². The number of sulfonamides is 1. The van der Waals surface area contributed by atoms with Crippen LogP contribution in [0.3, 0.4) is 0 Å². The number of carbonyl (C=O) groups is 1. The molecule has 0 fully saturated rings. The highest BCUT2D eigenvalue weighted by molar-refractivity contribution is 7.92. The molecule has 7 nitrogen and oxygen atoms in total. The summed E-state index contributed by atoms with van der Waals surface area (Å²) in [4.78, 5) is 23.8. The maximum absolute atomic E-state index is 12.5. The monoisotopic (exact) mass is 457 g/mol. The van der Waals surface area contributed by atoms with Gasteiger partial charge in [-0.1, -0.05) is 35.9 Å². The number of halogens is 1. The Morgan fingerprint density at radius 3 is 2.45 bits per heavy atom. The number of anilines is 2.